The van der Waals surface area contributed by atoms with Crippen molar-refractivity contribution in [3.8, 4) is 0 Å². The SMILES string of the molecule is CNc1ccccc1/C=C\CC(C)=N. The first-order valence-electron chi connectivity index (χ1n) is 4.71. The fraction of sp³-hybridized carbons (Fsp3) is 0.250. The van der Waals surface area contributed by atoms with E-state index in [0.717, 1.165) is 17.7 Å². The van der Waals surface area contributed by atoms with Crippen LogP contribution in [0.15, 0.2) is 30.3 Å². The summed E-state index contributed by atoms with van der Waals surface area (Å²) in [5.41, 5.74) is 2.96. The summed E-state index contributed by atoms with van der Waals surface area (Å²) in [4.78, 5) is 0. The van der Waals surface area contributed by atoms with Crippen molar-refractivity contribution in [2.75, 3.05) is 12.4 Å². The van der Waals surface area contributed by atoms with Gasteiger partial charge >= 0.3 is 0 Å². The lowest BCUT2D eigenvalue weighted by Gasteiger charge is -2.03. The Balaban J connectivity index is 2.75. The predicted molar refractivity (Wildman–Crippen MR) is 63.0 cm³/mol. The zero-order chi connectivity index (χ0) is 10.4. The van der Waals surface area contributed by atoms with Gasteiger partial charge in [-0.1, -0.05) is 30.4 Å². The minimum atomic E-state index is 0.684. The molecular formula is C12H16N2. The highest BCUT2D eigenvalue weighted by molar-refractivity contribution is 5.81. The molecule has 1 rings (SSSR count). The van der Waals surface area contributed by atoms with E-state index in [1.807, 2.05) is 44.3 Å². The number of benzene rings is 1. The van der Waals surface area contributed by atoms with Crippen LogP contribution < -0.4 is 5.32 Å². The molecule has 74 valence electrons. The number of rotatable bonds is 4. The van der Waals surface area contributed by atoms with E-state index in [4.69, 9.17) is 5.41 Å². The van der Waals surface area contributed by atoms with Crippen LogP contribution in [-0.4, -0.2) is 12.8 Å². The molecule has 0 saturated heterocycles. The third-order valence-electron chi connectivity index (χ3n) is 1.95. The second-order valence-corrected chi connectivity index (χ2v) is 3.22. The lowest BCUT2D eigenvalue weighted by atomic mass is 10.1. The first-order chi connectivity index (χ1) is 6.74. The van der Waals surface area contributed by atoms with E-state index < -0.39 is 0 Å². The van der Waals surface area contributed by atoms with E-state index in [-0.39, 0.29) is 0 Å². The topological polar surface area (TPSA) is 35.9 Å². The average molecular weight is 188 g/mol. The highest BCUT2D eigenvalue weighted by atomic mass is 14.8. The Morgan fingerprint density at radius 1 is 1.43 bits per heavy atom. The fourth-order valence-corrected chi connectivity index (χ4v) is 1.23. The van der Waals surface area contributed by atoms with Gasteiger partial charge in [-0.25, -0.2) is 0 Å². The van der Waals surface area contributed by atoms with Gasteiger partial charge in [-0.05, 0) is 18.6 Å². The molecule has 0 amide bonds. The number of para-hydroxylation sites is 1. The van der Waals surface area contributed by atoms with Crippen LogP contribution in [-0.2, 0) is 0 Å². The Labute approximate surface area is 85.2 Å². The molecule has 0 aromatic heterocycles. The number of hydrogen-bond acceptors (Lipinski definition) is 2. The minimum Gasteiger partial charge on any atom is -0.388 e. The van der Waals surface area contributed by atoms with Crippen molar-refractivity contribution in [3.63, 3.8) is 0 Å². The van der Waals surface area contributed by atoms with E-state index >= 15 is 0 Å². The zero-order valence-corrected chi connectivity index (χ0v) is 8.67. The summed E-state index contributed by atoms with van der Waals surface area (Å²) in [6, 6.07) is 8.11. The van der Waals surface area contributed by atoms with Crippen molar-refractivity contribution < 1.29 is 0 Å². The molecule has 0 fully saturated rings. The summed E-state index contributed by atoms with van der Waals surface area (Å²) in [7, 11) is 1.91. The van der Waals surface area contributed by atoms with Gasteiger partial charge in [0.05, 0.1) is 0 Å². The molecule has 2 N–H and O–H groups in total. The summed E-state index contributed by atoms with van der Waals surface area (Å²) >= 11 is 0. The largest absolute Gasteiger partial charge is 0.388 e. The van der Waals surface area contributed by atoms with Crippen LogP contribution in [0.2, 0.25) is 0 Å². The smallest absolute Gasteiger partial charge is 0.0411 e. The Morgan fingerprint density at radius 2 is 2.14 bits per heavy atom. The lowest BCUT2D eigenvalue weighted by molar-refractivity contribution is 1.35. The summed E-state index contributed by atoms with van der Waals surface area (Å²) in [6.45, 7) is 1.81. The summed E-state index contributed by atoms with van der Waals surface area (Å²) in [6.07, 6.45) is 4.78. The van der Waals surface area contributed by atoms with Crippen LogP contribution >= 0.6 is 0 Å². The van der Waals surface area contributed by atoms with Crippen molar-refractivity contribution in [1.29, 1.82) is 5.41 Å². The molecule has 2 heteroatoms. The van der Waals surface area contributed by atoms with Crippen LogP contribution in [0, 0.1) is 5.41 Å². The first-order valence-corrected chi connectivity index (χ1v) is 4.71. The van der Waals surface area contributed by atoms with Crippen molar-refractivity contribution in [2.45, 2.75) is 13.3 Å². The summed E-state index contributed by atoms with van der Waals surface area (Å²) in [5.74, 6) is 0. The van der Waals surface area contributed by atoms with Gasteiger partial charge in [0.2, 0.25) is 0 Å². The highest BCUT2D eigenvalue weighted by Gasteiger charge is 1.93. The molecule has 0 aliphatic carbocycles. The molecule has 0 heterocycles. The number of anilines is 1. The molecule has 0 bridgehead atoms. The van der Waals surface area contributed by atoms with Gasteiger partial charge in [-0.3, -0.25) is 0 Å². The normalized spacial score (nSPS) is 10.4. The third-order valence-corrected chi connectivity index (χ3v) is 1.95. The summed E-state index contributed by atoms with van der Waals surface area (Å²) in [5, 5.41) is 10.4. The quantitative estimate of drug-likeness (QED) is 0.699. The number of hydrogen-bond donors (Lipinski definition) is 2. The maximum Gasteiger partial charge on any atom is 0.0411 e. The van der Waals surface area contributed by atoms with Crippen molar-refractivity contribution in [2.24, 2.45) is 0 Å². The maximum atomic E-state index is 7.29. The van der Waals surface area contributed by atoms with E-state index in [2.05, 4.69) is 11.4 Å². The van der Waals surface area contributed by atoms with E-state index in [1.165, 1.54) is 0 Å². The Morgan fingerprint density at radius 3 is 2.79 bits per heavy atom. The van der Waals surface area contributed by atoms with Gasteiger partial charge < -0.3 is 10.7 Å². The highest BCUT2D eigenvalue weighted by Crippen LogP contribution is 2.15. The van der Waals surface area contributed by atoms with E-state index in [0.29, 0.717) is 5.71 Å². The van der Waals surface area contributed by atoms with Crippen LogP contribution in [0.4, 0.5) is 5.69 Å². The molecule has 14 heavy (non-hydrogen) atoms. The molecule has 1 aromatic carbocycles. The van der Waals surface area contributed by atoms with Crippen LogP contribution in [0.1, 0.15) is 18.9 Å². The second-order valence-electron chi connectivity index (χ2n) is 3.22. The van der Waals surface area contributed by atoms with Crippen molar-refractivity contribution >= 4 is 17.5 Å². The molecule has 0 unspecified atom stereocenters. The minimum absolute atomic E-state index is 0.684. The molecule has 2 nitrogen and oxygen atoms in total. The molecule has 0 spiro atoms. The van der Waals surface area contributed by atoms with Gasteiger partial charge in [0.1, 0.15) is 0 Å². The standard InChI is InChI=1S/C12H16N2/c1-10(13)6-5-8-11-7-3-4-9-12(11)14-2/h3-5,7-9,13-14H,6H2,1-2H3/b8-5-,13-10?. The number of allylic oxidation sites excluding steroid dienone is 1. The zero-order valence-electron chi connectivity index (χ0n) is 8.67. The summed E-state index contributed by atoms with van der Waals surface area (Å²) < 4.78 is 0. The molecular weight excluding hydrogens is 172 g/mol. The average Bonchev–Trinajstić information content (AvgIpc) is 2.18. The van der Waals surface area contributed by atoms with Crippen LogP contribution in [0.5, 0.6) is 0 Å². The number of nitrogens with one attached hydrogen (secondary N) is 2. The van der Waals surface area contributed by atoms with Gasteiger partial charge in [0.15, 0.2) is 0 Å². The van der Waals surface area contributed by atoms with Gasteiger partial charge in [-0.15, -0.1) is 0 Å². The van der Waals surface area contributed by atoms with Gasteiger partial charge in [0, 0.05) is 24.9 Å². The molecule has 0 atom stereocenters. The second kappa shape index (κ2) is 5.22. The van der Waals surface area contributed by atoms with Gasteiger partial charge in [0.25, 0.3) is 0 Å². The first kappa shape index (κ1) is 10.5. The van der Waals surface area contributed by atoms with E-state index in [9.17, 15) is 0 Å². The third kappa shape index (κ3) is 3.05. The molecule has 0 radical (unpaired) electrons. The van der Waals surface area contributed by atoms with Crippen LogP contribution in [0.25, 0.3) is 6.08 Å². The van der Waals surface area contributed by atoms with E-state index in [1.54, 1.807) is 0 Å². The fourth-order valence-electron chi connectivity index (χ4n) is 1.23. The predicted octanol–water partition coefficient (Wildman–Crippen LogP) is 3.17. The van der Waals surface area contributed by atoms with Crippen LogP contribution in [0.3, 0.4) is 0 Å². The van der Waals surface area contributed by atoms with Gasteiger partial charge in [-0.2, -0.15) is 0 Å². The Bertz CT molecular complexity index is 340. The van der Waals surface area contributed by atoms with Crippen molar-refractivity contribution in [1.82, 2.24) is 0 Å². The Hall–Kier alpha value is -1.57. The molecule has 0 aliphatic rings. The monoisotopic (exact) mass is 188 g/mol. The lowest BCUT2D eigenvalue weighted by Crippen LogP contribution is -1.90. The van der Waals surface area contributed by atoms with Crippen molar-refractivity contribution in [3.05, 3.63) is 35.9 Å². The Kier molecular flexibility index (Phi) is 3.92. The molecule has 0 saturated carbocycles. The molecule has 1 aromatic rings. The maximum absolute atomic E-state index is 7.29. The molecule has 0 aliphatic heterocycles.